The number of nitrogens with one attached hydrogen (secondary N) is 2. The van der Waals surface area contributed by atoms with E-state index in [1.807, 2.05) is 6.92 Å². The Kier molecular flexibility index (Phi) is 5.65. The van der Waals surface area contributed by atoms with Gasteiger partial charge in [-0.25, -0.2) is 0 Å². The number of carbonyl (C=O) groups is 1. The van der Waals surface area contributed by atoms with E-state index in [-0.39, 0.29) is 17.2 Å². The molecule has 0 unspecified atom stereocenters. The van der Waals surface area contributed by atoms with E-state index < -0.39 is 0 Å². The summed E-state index contributed by atoms with van der Waals surface area (Å²) >= 11 is 1.24. The number of benzene rings is 1. The molecule has 2 N–H and O–H groups in total. The first-order valence-corrected chi connectivity index (χ1v) is 9.16. The first kappa shape index (κ1) is 18.8. The van der Waals surface area contributed by atoms with Gasteiger partial charge in [0.1, 0.15) is 0 Å². The number of H-pyrrole nitrogens is 1. The Morgan fingerprint density at radius 1 is 1.22 bits per heavy atom. The summed E-state index contributed by atoms with van der Waals surface area (Å²) in [6, 6.07) is 6.64. The monoisotopic (exact) mass is 389 g/mol. The highest BCUT2D eigenvalue weighted by atomic mass is 32.2. The molecular weight excluding hydrogens is 370 g/mol. The Balaban J connectivity index is 1.71. The lowest BCUT2D eigenvalue weighted by atomic mass is 10.2. The fourth-order valence-corrected chi connectivity index (χ4v) is 3.33. The lowest BCUT2D eigenvalue weighted by molar-refractivity contribution is -0.113. The van der Waals surface area contributed by atoms with Gasteiger partial charge in [-0.1, -0.05) is 18.7 Å². The predicted molar refractivity (Wildman–Crippen MR) is 102 cm³/mol. The van der Waals surface area contributed by atoms with Gasteiger partial charge in [-0.15, -0.1) is 10.2 Å². The van der Waals surface area contributed by atoms with Crippen LogP contribution >= 0.6 is 11.8 Å². The summed E-state index contributed by atoms with van der Waals surface area (Å²) in [5, 5.41) is 11.4. The highest BCUT2D eigenvalue weighted by Crippen LogP contribution is 2.29. The van der Waals surface area contributed by atoms with Crippen molar-refractivity contribution in [2.45, 2.75) is 18.5 Å². The van der Waals surface area contributed by atoms with Gasteiger partial charge in [0.05, 0.1) is 20.0 Å². The second kappa shape index (κ2) is 8.12. The van der Waals surface area contributed by atoms with E-state index in [1.165, 1.54) is 24.9 Å². The van der Waals surface area contributed by atoms with Gasteiger partial charge in [-0.2, -0.15) is 0 Å². The number of aromatic amines is 1. The standard InChI is InChI=1S/C17H19N5O4S/c1-4-11-8-14(23)19-16-20-21-17(22(11)16)27-9-15(24)18-10-5-6-12(25-2)13(7-10)26-3/h5-8H,4,9H2,1-3H3,(H,18,24)(H,19,20,23). The molecule has 9 nitrogen and oxygen atoms in total. The fourth-order valence-electron chi connectivity index (χ4n) is 2.57. The summed E-state index contributed by atoms with van der Waals surface area (Å²) in [6.07, 6.45) is 0.643. The number of aryl methyl sites for hydroxylation is 1. The normalized spacial score (nSPS) is 10.8. The highest BCUT2D eigenvalue weighted by molar-refractivity contribution is 7.99. The lowest BCUT2D eigenvalue weighted by Gasteiger charge is -2.10. The van der Waals surface area contributed by atoms with Gasteiger partial charge in [-0.05, 0) is 18.6 Å². The number of ether oxygens (including phenoxy) is 2. The number of thioether (sulfide) groups is 1. The molecule has 1 aromatic carbocycles. The fraction of sp³-hybridized carbons (Fsp3) is 0.294. The molecule has 142 valence electrons. The number of carbonyl (C=O) groups excluding carboxylic acids is 1. The molecule has 3 aromatic rings. The predicted octanol–water partition coefficient (Wildman–Crippen LogP) is 1.73. The Hall–Kier alpha value is -3.01. The average Bonchev–Trinajstić information content (AvgIpc) is 3.08. The van der Waals surface area contributed by atoms with Crippen molar-refractivity contribution in [3.05, 3.63) is 40.3 Å². The number of amides is 1. The van der Waals surface area contributed by atoms with Crippen molar-refractivity contribution in [2.75, 3.05) is 25.3 Å². The zero-order valence-electron chi connectivity index (χ0n) is 15.1. The number of methoxy groups -OCH3 is 2. The van der Waals surface area contributed by atoms with Gasteiger partial charge in [0.25, 0.3) is 5.56 Å². The molecule has 0 saturated heterocycles. The number of hydrogen-bond donors (Lipinski definition) is 2. The minimum absolute atomic E-state index is 0.136. The molecule has 0 spiro atoms. The number of aromatic nitrogens is 4. The van der Waals surface area contributed by atoms with Crippen LogP contribution in [0.1, 0.15) is 12.6 Å². The van der Waals surface area contributed by atoms with Crippen molar-refractivity contribution in [3.8, 4) is 11.5 Å². The third kappa shape index (κ3) is 4.05. The van der Waals surface area contributed by atoms with E-state index in [9.17, 15) is 9.59 Å². The van der Waals surface area contributed by atoms with Crippen LogP contribution < -0.4 is 20.3 Å². The van der Waals surface area contributed by atoms with Gasteiger partial charge in [-0.3, -0.25) is 19.0 Å². The highest BCUT2D eigenvalue weighted by Gasteiger charge is 2.13. The smallest absolute Gasteiger partial charge is 0.252 e. The minimum Gasteiger partial charge on any atom is -0.493 e. The summed E-state index contributed by atoms with van der Waals surface area (Å²) in [4.78, 5) is 26.5. The van der Waals surface area contributed by atoms with Gasteiger partial charge < -0.3 is 14.8 Å². The molecular formula is C17H19N5O4S. The van der Waals surface area contributed by atoms with Crippen LogP contribution in [-0.2, 0) is 11.2 Å². The summed E-state index contributed by atoms with van der Waals surface area (Å²) < 4.78 is 12.2. The molecule has 3 rings (SSSR count). The molecule has 0 saturated carbocycles. The van der Waals surface area contributed by atoms with Crippen LogP contribution in [0.4, 0.5) is 5.69 Å². The Bertz CT molecular complexity index is 1030. The average molecular weight is 389 g/mol. The molecule has 1 amide bonds. The maximum atomic E-state index is 12.3. The van der Waals surface area contributed by atoms with Crippen LogP contribution in [0.25, 0.3) is 5.78 Å². The molecule has 0 atom stereocenters. The topological polar surface area (TPSA) is 111 Å². The number of nitrogens with zero attached hydrogens (tertiary/aromatic N) is 3. The zero-order valence-corrected chi connectivity index (χ0v) is 15.9. The molecule has 27 heavy (non-hydrogen) atoms. The summed E-state index contributed by atoms with van der Waals surface area (Å²) in [6.45, 7) is 1.94. The van der Waals surface area contributed by atoms with Crippen LogP contribution in [0.15, 0.2) is 34.2 Å². The van der Waals surface area contributed by atoms with Crippen LogP contribution in [0, 0.1) is 0 Å². The van der Waals surface area contributed by atoms with Crippen LogP contribution in [-0.4, -0.2) is 45.5 Å². The second-order valence-electron chi connectivity index (χ2n) is 5.53. The third-order valence-electron chi connectivity index (χ3n) is 3.82. The minimum atomic E-state index is -0.227. The maximum absolute atomic E-state index is 12.3. The largest absolute Gasteiger partial charge is 0.493 e. The number of anilines is 1. The van der Waals surface area contributed by atoms with Crippen LogP contribution in [0.3, 0.4) is 0 Å². The summed E-state index contributed by atoms with van der Waals surface area (Å²) in [5.41, 5.74) is 1.15. The maximum Gasteiger partial charge on any atom is 0.252 e. The van der Waals surface area contributed by atoms with Gasteiger partial charge in [0, 0.05) is 23.5 Å². The molecule has 0 aliphatic carbocycles. The van der Waals surface area contributed by atoms with E-state index in [2.05, 4.69) is 20.5 Å². The van der Waals surface area contributed by atoms with Gasteiger partial charge in [0.2, 0.25) is 11.7 Å². The third-order valence-corrected chi connectivity index (χ3v) is 4.74. The number of fused-ring (bicyclic) bond motifs is 1. The Labute approximate surface area is 159 Å². The van der Waals surface area contributed by atoms with Crippen LogP contribution in [0.2, 0.25) is 0 Å². The van der Waals surface area contributed by atoms with E-state index in [0.29, 0.717) is 34.5 Å². The number of rotatable bonds is 7. The molecule has 10 heteroatoms. The van der Waals surface area contributed by atoms with Crippen molar-refractivity contribution in [3.63, 3.8) is 0 Å². The molecule has 2 heterocycles. The van der Waals surface area contributed by atoms with Crippen molar-refractivity contribution in [1.29, 1.82) is 0 Å². The molecule has 0 aliphatic heterocycles. The molecule has 0 bridgehead atoms. The first-order chi connectivity index (χ1) is 13.0. The van der Waals surface area contributed by atoms with Gasteiger partial charge >= 0.3 is 0 Å². The lowest BCUT2D eigenvalue weighted by Crippen LogP contribution is -2.15. The zero-order chi connectivity index (χ0) is 19.4. The Morgan fingerprint density at radius 2 is 2.00 bits per heavy atom. The molecule has 0 fully saturated rings. The van der Waals surface area contributed by atoms with E-state index in [1.54, 1.807) is 29.7 Å². The Morgan fingerprint density at radius 3 is 2.70 bits per heavy atom. The summed E-state index contributed by atoms with van der Waals surface area (Å²) in [7, 11) is 3.08. The molecule has 0 aliphatic rings. The van der Waals surface area contributed by atoms with Crippen LogP contribution in [0.5, 0.6) is 11.5 Å². The van der Waals surface area contributed by atoms with Crippen molar-refractivity contribution >= 4 is 29.1 Å². The summed E-state index contributed by atoms with van der Waals surface area (Å²) in [5.74, 6) is 1.41. The first-order valence-electron chi connectivity index (χ1n) is 8.17. The quantitative estimate of drug-likeness (QED) is 0.592. The van der Waals surface area contributed by atoms with Gasteiger partial charge in [0.15, 0.2) is 16.7 Å². The second-order valence-corrected chi connectivity index (χ2v) is 6.47. The number of hydrogen-bond acceptors (Lipinski definition) is 7. The van der Waals surface area contributed by atoms with E-state index in [4.69, 9.17) is 9.47 Å². The van der Waals surface area contributed by atoms with Crippen molar-refractivity contribution < 1.29 is 14.3 Å². The molecule has 2 aromatic heterocycles. The van der Waals surface area contributed by atoms with Crippen molar-refractivity contribution in [1.82, 2.24) is 19.6 Å². The molecule has 0 radical (unpaired) electrons. The van der Waals surface area contributed by atoms with E-state index in [0.717, 1.165) is 5.69 Å². The SMILES string of the molecule is CCc1cc(=O)[nH]c2nnc(SCC(=O)Nc3ccc(OC)c(OC)c3)n12. The van der Waals surface area contributed by atoms with Crippen molar-refractivity contribution in [2.24, 2.45) is 0 Å². The van der Waals surface area contributed by atoms with E-state index >= 15 is 0 Å².